The molecule has 0 radical (unpaired) electrons. The number of rotatable bonds is 5. The highest BCUT2D eigenvalue weighted by atomic mass is 16.3. The van der Waals surface area contributed by atoms with Crippen LogP contribution in [0, 0.1) is 5.41 Å². The van der Waals surface area contributed by atoms with Crippen molar-refractivity contribution in [1.82, 2.24) is 0 Å². The van der Waals surface area contributed by atoms with E-state index in [0.717, 1.165) is 6.42 Å². The number of aliphatic hydroxyl groups is 1. The molecule has 0 saturated carbocycles. The van der Waals surface area contributed by atoms with E-state index < -0.39 is 0 Å². The zero-order chi connectivity index (χ0) is 10.5. The third-order valence-electron chi connectivity index (χ3n) is 1.99. The largest absolute Gasteiger partial charge is 0.393 e. The van der Waals surface area contributed by atoms with E-state index in [9.17, 15) is 4.79 Å². The van der Waals surface area contributed by atoms with E-state index >= 15 is 0 Å². The highest BCUT2D eigenvalue weighted by Gasteiger charge is 2.12. The summed E-state index contributed by atoms with van der Waals surface area (Å²) in [5, 5.41) is 8.98. The van der Waals surface area contributed by atoms with Crippen molar-refractivity contribution in [3.05, 3.63) is 0 Å². The predicted molar refractivity (Wildman–Crippen MR) is 54.6 cm³/mol. The van der Waals surface area contributed by atoms with Gasteiger partial charge in [-0.05, 0) is 25.2 Å². The number of carbonyl (C=O) groups is 1. The van der Waals surface area contributed by atoms with Crippen LogP contribution in [0.25, 0.3) is 0 Å². The molecular formula is C11H22O2. The van der Waals surface area contributed by atoms with Gasteiger partial charge in [0.1, 0.15) is 5.78 Å². The first kappa shape index (κ1) is 12.6. The number of hydrogen-bond acceptors (Lipinski definition) is 2. The van der Waals surface area contributed by atoms with E-state index in [-0.39, 0.29) is 17.3 Å². The summed E-state index contributed by atoms with van der Waals surface area (Å²) in [5.41, 5.74) is 0.237. The Morgan fingerprint density at radius 1 is 1.31 bits per heavy atom. The number of hydrogen-bond donors (Lipinski definition) is 1. The van der Waals surface area contributed by atoms with Gasteiger partial charge in [-0.3, -0.25) is 4.79 Å². The van der Waals surface area contributed by atoms with Crippen molar-refractivity contribution in [3.8, 4) is 0 Å². The van der Waals surface area contributed by atoms with Crippen molar-refractivity contribution in [2.75, 3.05) is 0 Å². The molecule has 0 aromatic carbocycles. The molecule has 0 bridgehead atoms. The Kier molecular flexibility index (Phi) is 5.23. The Morgan fingerprint density at radius 3 is 2.23 bits per heavy atom. The van der Waals surface area contributed by atoms with Gasteiger partial charge in [-0.1, -0.05) is 20.8 Å². The molecule has 0 unspecified atom stereocenters. The molecule has 0 aromatic heterocycles. The lowest BCUT2D eigenvalue weighted by atomic mass is 9.89. The predicted octanol–water partition coefficient (Wildman–Crippen LogP) is 2.54. The van der Waals surface area contributed by atoms with Crippen LogP contribution in [0.2, 0.25) is 0 Å². The standard InChI is InChI=1S/C11H22O2/c1-9(12)5-6-10(13)7-8-11(2,3)4/h9,12H,5-8H2,1-4H3/t9-/m1/s1. The molecule has 2 heteroatoms. The Hall–Kier alpha value is -0.370. The van der Waals surface area contributed by atoms with Gasteiger partial charge >= 0.3 is 0 Å². The van der Waals surface area contributed by atoms with E-state index in [1.54, 1.807) is 6.92 Å². The first-order valence-corrected chi connectivity index (χ1v) is 5.01. The molecule has 0 heterocycles. The summed E-state index contributed by atoms with van der Waals surface area (Å²) in [6.45, 7) is 8.12. The van der Waals surface area contributed by atoms with Crippen LogP contribution in [0.3, 0.4) is 0 Å². The zero-order valence-corrected chi connectivity index (χ0v) is 9.26. The van der Waals surface area contributed by atoms with E-state index in [1.807, 2.05) is 0 Å². The van der Waals surface area contributed by atoms with Gasteiger partial charge in [-0.2, -0.15) is 0 Å². The molecule has 1 N–H and O–H groups in total. The van der Waals surface area contributed by atoms with Crippen LogP contribution in [0.1, 0.15) is 53.4 Å². The van der Waals surface area contributed by atoms with E-state index in [2.05, 4.69) is 20.8 Å². The van der Waals surface area contributed by atoms with Gasteiger partial charge in [0.2, 0.25) is 0 Å². The SMILES string of the molecule is C[C@@H](O)CCC(=O)CCC(C)(C)C. The summed E-state index contributed by atoms with van der Waals surface area (Å²) in [4.78, 5) is 11.3. The molecule has 1 atom stereocenters. The lowest BCUT2D eigenvalue weighted by Gasteiger charge is -2.17. The summed E-state index contributed by atoms with van der Waals surface area (Å²) in [6, 6.07) is 0. The molecule has 0 fully saturated rings. The molecule has 0 rings (SSSR count). The Morgan fingerprint density at radius 2 is 1.85 bits per heavy atom. The van der Waals surface area contributed by atoms with Gasteiger partial charge in [-0.25, -0.2) is 0 Å². The van der Waals surface area contributed by atoms with Gasteiger partial charge < -0.3 is 5.11 Å². The second kappa shape index (κ2) is 5.38. The van der Waals surface area contributed by atoms with Crippen LogP contribution in [-0.2, 0) is 4.79 Å². The van der Waals surface area contributed by atoms with Gasteiger partial charge in [0, 0.05) is 12.8 Å². The maximum atomic E-state index is 11.3. The molecule has 0 spiro atoms. The third-order valence-corrected chi connectivity index (χ3v) is 1.99. The van der Waals surface area contributed by atoms with Crippen molar-refractivity contribution in [1.29, 1.82) is 0 Å². The summed E-state index contributed by atoms with van der Waals surface area (Å²) >= 11 is 0. The minimum absolute atomic E-state index is 0.237. The summed E-state index contributed by atoms with van der Waals surface area (Å²) in [5.74, 6) is 0.274. The van der Waals surface area contributed by atoms with Gasteiger partial charge in [0.25, 0.3) is 0 Å². The molecule has 2 nitrogen and oxygen atoms in total. The second-order valence-electron chi connectivity index (χ2n) is 4.99. The van der Waals surface area contributed by atoms with E-state index in [0.29, 0.717) is 19.3 Å². The van der Waals surface area contributed by atoms with Crippen molar-refractivity contribution in [3.63, 3.8) is 0 Å². The quantitative estimate of drug-likeness (QED) is 0.716. The van der Waals surface area contributed by atoms with E-state index in [4.69, 9.17) is 5.11 Å². The lowest BCUT2D eigenvalue weighted by Crippen LogP contribution is -2.10. The number of carbonyl (C=O) groups excluding carboxylic acids is 1. The second-order valence-corrected chi connectivity index (χ2v) is 4.99. The van der Waals surface area contributed by atoms with Crippen LogP contribution in [0.4, 0.5) is 0 Å². The minimum Gasteiger partial charge on any atom is -0.393 e. The zero-order valence-electron chi connectivity index (χ0n) is 9.26. The molecule has 0 aliphatic heterocycles. The third kappa shape index (κ3) is 9.54. The van der Waals surface area contributed by atoms with Crippen molar-refractivity contribution >= 4 is 5.78 Å². The summed E-state index contributed by atoms with van der Waals surface area (Å²) in [6.07, 6.45) is 2.36. The minimum atomic E-state index is -0.349. The Labute approximate surface area is 81.3 Å². The molecule has 0 amide bonds. The van der Waals surface area contributed by atoms with Crippen molar-refractivity contribution in [2.24, 2.45) is 5.41 Å². The maximum absolute atomic E-state index is 11.3. The number of aliphatic hydroxyl groups excluding tert-OH is 1. The topological polar surface area (TPSA) is 37.3 Å². The van der Waals surface area contributed by atoms with Crippen LogP contribution in [0.5, 0.6) is 0 Å². The fourth-order valence-electron chi connectivity index (χ4n) is 1.01. The maximum Gasteiger partial charge on any atom is 0.133 e. The average molecular weight is 186 g/mol. The molecule has 0 aliphatic carbocycles. The van der Waals surface area contributed by atoms with Gasteiger partial charge in [0.05, 0.1) is 6.10 Å². The molecular weight excluding hydrogens is 164 g/mol. The van der Waals surface area contributed by atoms with Crippen LogP contribution >= 0.6 is 0 Å². The number of ketones is 1. The van der Waals surface area contributed by atoms with Crippen LogP contribution < -0.4 is 0 Å². The van der Waals surface area contributed by atoms with Crippen molar-refractivity contribution < 1.29 is 9.90 Å². The van der Waals surface area contributed by atoms with E-state index in [1.165, 1.54) is 0 Å². The van der Waals surface area contributed by atoms with Gasteiger partial charge in [0.15, 0.2) is 0 Å². The monoisotopic (exact) mass is 186 g/mol. The summed E-state index contributed by atoms with van der Waals surface area (Å²) in [7, 11) is 0. The average Bonchev–Trinajstić information content (AvgIpc) is 1.95. The highest BCUT2D eigenvalue weighted by Crippen LogP contribution is 2.21. The molecule has 0 aliphatic rings. The number of Topliss-reactive ketones (excluding diaryl/α,β-unsaturated/α-hetero) is 1. The van der Waals surface area contributed by atoms with Crippen molar-refractivity contribution in [2.45, 2.75) is 59.5 Å². The first-order valence-electron chi connectivity index (χ1n) is 5.01. The first-order chi connectivity index (χ1) is 5.81. The van der Waals surface area contributed by atoms with Crippen LogP contribution in [0.15, 0.2) is 0 Å². The lowest BCUT2D eigenvalue weighted by molar-refractivity contribution is -0.120. The van der Waals surface area contributed by atoms with Gasteiger partial charge in [-0.15, -0.1) is 0 Å². The smallest absolute Gasteiger partial charge is 0.133 e. The highest BCUT2D eigenvalue weighted by molar-refractivity contribution is 5.78. The Bertz CT molecular complexity index is 154. The molecule has 13 heavy (non-hydrogen) atoms. The molecule has 0 aromatic rings. The summed E-state index contributed by atoms with van der Waals surface area (Å²) < 4.78 is 0. The fraction of sp³-hybridized carbons (Fsp3) is 0.909. The Balaban J connectivity index is 3.53. The normalized spacial score (nSPS) is 14.2. The molecule has 78 valence electrons. The van der Waals surface area contributed by atoms with Crippen LogP contribution in [-0.4, -0.2) is 17.0 Å². The fourth-order valence-corrected chi connectivity index (χ4v) is 1.01. The molecule has 0 saturated heterocycles.